The number of pyridine rings is 1. The number of aromatic nitrogens is 1. The fraction of sp³-hybridized carbons (Fsp3) is 0.150. The molecule has 1 aromatic heterocycles. The van der Waals surface area contributed by atoms with Crippen LogP contribution >= 0.6 is 0 Å². The molecule has 0 aliphatic heterocycles. The van der Waals surface area contributed by atoms with E-state index in [9.17, 15) is 4.79 Å². The van der Waals surface area contributed by atoms with Gasteiger partial charge >= 0.3 is 0 Å². The van der Waals surface area contributed by atoms with Crippen LogP contribution in [0.4, 0.5) is 0 Å². The van der Waals surface area contributed by atoms with E-state index in [-0.39, 0.29) is 12.3 Å². The Morgan fingerprint density at radius 2 is 1.92 bits per heavy atom. The molecule has 26 heavy (non-hydrogen) atoms. The maximum Gasteiger partial charge on any atom is 0.244 e. The summed E-state index contributed by atoms with van der Waals surface area (Å²) in [6.07, 6.45) is 3.53. The van der Waals surface area contributed by atoms with Crippen molar-refractivity contribution in [1.29, 1.82) is 0 Å². The molecule has 132 valence electrons. The van der Waals surface area contributed by atoms with Gasteiger partial charge in [-0.3, -0.25) is 9.78 Å². The molecule has 0 aliphatic carbocycles. The number of hydrazone groups is 1. The average Bonchev–Trinajstić information content (AvgIpc) is 2.68. The number of fused-ring (bicyclic) bond motifs is 1. The first-order chi connectivity index (χ1) is 12.7. The van der Waals surface area contributed by atoms with Crippen molar-refractivity contribution in [3.8, 4) is 11.5 Å². The first-order valence-corrected chi connectivity index (χ1v) is 8.08. The summed E-state index contributed by atoms with van der Waals surface area (Å²) in [6.45, 7) is 0. The van der Waals surface area contributed by atoms with Crippen LogP contribution in [0, 0.1) is 0 Å². The molecule has 1 amide bonds. The number of nitrogens with zero attached hydrogens (tertiary/aromatic N) is 2. The third-order valence-electron chi connectivity index (χ3n) is 3.89. The fourth-order valence-corrected chi connectivity index (χ4v) is 2.62. The molecule has 6 nitrogen and oxygen atoms in total. The topological polar surface area (TPSA) is 72.8 Å². The van der Waals surface area contributed by atoms with Gasteiger partial charge in [0, 0.05) is 17.1 Å². The maximum atomic E-state index is 12.1. The lowest BCUT2D eigenvalue weighted by Crippen LogP contribution is -2.19. The largest absolute Gasteiger partial charge is 0.493 e. The van der Waals surface area contributed by atoms with Gasteiger partial charge in [0.05, 0.1) is 32.4 Å². The van der Waals surface area contributed by atoms with E-state index in [2.05, 4.69) is 15.5 Å². The van der Waals surface area contributed by atoms with E-state index in [1.54, 1.807) is 38.8 Å². The molecule has 3 aromatic rings. The monoisotopic (exact) mass is 349 g/mol. The van der Waals surface area contributed by atoms with Gasteiger partial charge in [-0.1, -0.05) is 24.3 Å². The minimum atomic E-state index is -0.216. The molecule has 1 N–H and O–H groups in total. The van der Waals surface area contributed by atoms with E-state index in [0.29, 0.717) is 11.5 Å². The first-order valence-electron chi connectivity index (χ1n) is 8.08. The molecule has 6 heteroatoms. The zero-order valence-corrected chi connectivity index (χ0v) is 14.6. The predicted octanol–water partition coefficient (Wildman–Crippen LogP) is 2.94. The van der Waals surface area contributed by atoms with Crippen LogP contribution in [0.1, 0.15) is 11.1 Å². The second-order valence-corrected chi connectivity index (χ2v) is 5.58. The Hall–Kier alpha value is -3.41. The normalized spacial score (nSPS) is 10.8. The number of amides is 1. The molecule has 0 spiro atoms. The standard InChI is InChI=1S/C20H19N3O3/c1-25-18-8-7-14(11-19(18)26-2)12-20(24)23-22-13-15-9-10-21-17-6-4-3-5-16(15)17/h3-11,13H,12H2,1-2H3,(H,23,24). The van der Waals surface area contributed by atoms with Gasteiger partial charge in [0.1, 0.15) is 0 Å². The molecule has 0 radical (unpaired) electrons. The Morgan fingerprint density at radius 3 is 2.73 bits per heavy atom. The number of carbonyl (C=O) groups is 1. The summed E-state index contributed by atoms with van der Waals surface area (Å²) < 4.78 is 10.4. The van der Waals surface area contributed by atoms with Gasteiger partial charge < -0.3 is 9.47 Å². The van der Waals surface area contributed by atoms with Gasteiger partial charge in [-0.05, 0) is 29.8 Å². The number of benzene rings is 2. The van der Waals surface area contributed by atoms with E-state index in [1.807, 2.05) is 36.4 Å². The minimum absolute atomic E-state index is 0.189. The molecule has 0 saturated heterocycles. The second kappa shape index (κ2) is 8.11. The van der Waals surface area contributed by atoms with Crippen molar-refractivity contribution in [3.63, 3.8) is 0 Å². The lowest BCUT2D eigenvalue weighted by molar-refractivity contribution is -0.120. The molecule has 0 unspecified atom stereocenters. The Bertz CT molecular complexity index is 949. The molecular formula is C20H19N3O3. The van der Waals surface area contributed by atoms with Crippen LogP contribution in [-0.4, -0.2) is 31.3 Å². The number of nitrogens with one attached hydrogen (secondary N) is 1. The number of ether oxygens (including phenoxy) is 2. The molecule has 0 saturated carbocycles. The Balaban J connectivity index is 1.66. The van der Waals surface area contributed by atoms with Crippen molar-refractivity contribution in [1.82, 2.24) is 10.4 Å². The van der Waals surface area contributed by atoms with E-state index >= 15 is 0 Å². The summed E-state index contributed by atoms with van der Waals surface area (Å²) in [6, 6.07) is 15.0. The molecule has 0 bridgehead atoms. The Morgan fingerprint density at radius 1 is 1.12 bits per heavy atom. The predicted molar refractivity (Wildman–Crippen MR) is 101 cm³/mol. The Labute approximate surface area is 151 Å². The van der Waals surface area contributed by atoms with Crippen molar-refractivity contribution in [2.24, 2.45) is 5.10 Å². The molecule has 0 fully saturated rings. The van der Waals surface area contributed by atoms with Gasteiger partial charge in [0.15, 0.2) is 11.5 Å². The van der Waals surface area contributed by atoms with Crippen molar-refractivity contribution < 1.29 is 14.3 Å². The van der Waals surface area contributed by atoms with Gasteiger partial charge in [-0.25, -0.2) is 5.43 Å². The van der Waals surface area contributed by atoms with E-state index in [4.69, 9.17) is 9.47 Å². The van der Waals surface area contributed by atoms with Gasteiger partial charge in [0.2, 0.25) is 5.91 Å². The van der Waals surface area contributed by atoms with Crippen LogP contribution in [0.3, 0.4) is 0 Å². The van der Waals surface area contributed by atoms with Crippen LogP contribution < -0.4 is 14.9 Å². The number of carbonyl (C=O) groups excluding carboxylic acids is 1. The third-order valence-corrected chi connectivity index (χ3v) is 3.89. The van der Waals surface area contributed by atoms with Crippen molar-refractivity contribution in [2.45, 2.75) is 6.42 Å². The third kappa shape index (κ3) is 3.97. The highest BCUT2D eigenvalue weighted by molar-refractivity contribution is 5.98. The van der Waals surface area contributed by atoms with Crippen molar-refractivity contribution >= 4 is 23.0 Å². The summed E-state index contributed by atoms with van der Waals surface area (Å²) in [5.41, 5.74) is 5.13. The lowest BCUT2D eigenvalue weighted by Gasteiger charge is -2.09. The van der Waals surface area contributed by atoms with Crippen molar-refractivity contribution in [2.75, 3.05) is 14.2 Å². The van der Waals surface area contributed by atoms with E-state index in [0.717, 1.165) is 22.0 Å². The summed E-state index contributed by atoms with van der Waals surface area (Å²) in [5, 5.41) is 5.04. The fourth-order valence-electron chi connectivity index (χ4n) is 2.62. The number of para-hydroxylation sites is 1. The summed E-state index contributed by atoms with van der Waals surface area (Å²) in [5.74, 6) is 0.996. The van der Waals surface area contributed by atoms with Crippen LogP contribution in [-0.2, 0) is 11.2 Å². The zero-order chi connectivity index (χ0) is 18.4. The number of methoxy groups -OCH3 is 2. The van der Waals surface area contributed by atoms with Crippen LogP contribution in [0.15, 0.2) is 59.8 Å². The van der Waals surface area contributed by atoms with Crippen LogP contribution in [0.2, 0.25) is 0 Å². The summed E-state index contributed by atoms with van der Waals surface area (Å²) in [7, 11) is 3.13. The zero-order valence-electron chi connectivity index (χ0n) is 14.6. The highest BCUT2D eigenvalue weighted by Gasteiger charge is 2.08. The molecule has 2 aromatic carbocycles. The van der Waals surface area contributed by atoms with E-state index < -0.39 is 0 Å². The van der Waals surface area contributed by atoms with Gasteiger partial charge in [0.25, 0.3) is 0 Å². The molecule has 0 aliphatic rings. The van der Waals surface area contributed by atoms with E-state index in [1.165, 1.54) is 0 Å². The molecular weight excluding hydrogens is 330 g/mol. The number of hydrogen-bond donors (Lipinski definition) is 1. The number of hydrogen-bond acceptors (Lipinski definition) is 5. The molecule has 0 atom stereocenters. The Kier molecular flexibility index (Phi) is 5.43. The first kappa shape index (κ1) is 17.4. The smallest absolute Gasteiger partial charge is 0.244 e. The number of rotatable bonds is 6. The van der Waals surface area contributed by atoms with Crippen molar-refractivity contribution in [3.05, 3.63) is 65.9 Å². The highest BCUT2D eigenvalue weighted by atomic mass is 16.5. The average molecular weight is 349 g/mol. The molecule has 3 rings (SSSR count). The van der Waals surface area contributed by atoms with Gasteiger partial charge in [-0.2, -0.15) is 5.10 Å². The summed E-state index contributed by atoms with van der Waals surface area (Å²) >= 11 is 0. The summed E-state index contributed by atoms with van der Waals surface area (Å²) in [4.78, 5) is 16.4. The van der Waals surface area contributed by atoms with Crippen LogP contribution in [0.25, 0.3) is 10.9 Å². The lowest BCUT2D eigenvalue weighted by atomic mass is 10.1. The SMILES string of the molecule is COc1ccc(CC(=O)NN=Cc2ccnc3ccccc23)cc1OC. The second-order valence-electron chi connectivity index (χ2n) is 5.58. The maximum absolute atomic E-state index is 12.1. The minimum Gasteiger partial charge on any atom is -0.493 e. The highest BCUT2D eigenvalue weighted by Crippen LogP contribution is 2.27. The molecule has 1 heterocycles. The van der Waals surface area contributed by atoms with Crippen LogP contribution in [0.5, 0.6) is 11.5 Å². The quantitative estimate of drug-likeness (QED) is 0.548. The van der Waals surface area contributed by atoms with Gasteiger partial charge in [-0.15, -0.1) is 0 Å².